The van der Waals surface area contributed by atoms with Crippen molar-refractivity contribution >= 4 is 89.9 Å². The monoisotopic (exact) mass is 730 g/mol. The molecule has 16 heteroatoms. The summed E-state index contributed by atoms with van der Waals surface area (Å²) in [6.07, 6.45) is 1.74. The maximum Gasteiger partial charge on any atom is 0.350 e. The van der Waals surface area contributed by atoms with Crippen LogP contribution in [-0.2, 0) is 27.2 Å². The maximum absolute atomic E-state index is 12.2. The molecule has 0 N–H and O–H groups in total. The minimum atomic E-state index is -2.43. The Bertz CT molecular complexity index is 1750. The fraction of sp³-hybridized carbons (Fsp3) is 0.500. The van der Waals surface area contributed by atoms with Crippen LogP contribution in [-0.4, -0.2) is 83.6 Å². The molecule has 2 aliphatic heterocycles. The number of benzene rings is 2. The zero-order valence-corrected chi connectivity index (χ0v) is 32.7. The van der Waals surface area contributed by atoms with Crippen molar-refractivity contribution < 1.29 is 55.2 Å². The number of hydrogen-bond donors (Lipinski definition) is 0. The van der Waals surface area contributed by atoms with Crippen molar-refractivity contribution in [2.75, 3.05) is 26.4 Å². The third-order valence-corrected chi connectivity index (χ3v) is 23.9. The van der Waals surface area contributed by atoms with Gasteiger partial charge in [-0.1, -0.05) is 0 Å². The van der Waals surface area contributed by atoms with Gasteiger partial charge in [0.25, 0.3) is 0 Å². The van der Waals surface area contributed by atoms with Gasteiger partial charge >= 0.3 is 23.9 Å². The van der Waals surface area contributed by atoms with E-state index in [0.717, 1.165) is 35.3 Å². The molecule has 4 aromatic rings. The number of hydrogen-bond acceptors (Lipinski definition) is 12. The molecule has 0 fully saturated rings. The Morgan fingerprint density at radius 3 is 1.25 bits per heavy atom. The van der Waals surface area contributed by atoms with Gasteiger partial charge in [0.2, 0.25) is 16.6 Å². The van der Waals surface area contributed by atoms with Crippen LogP contribution in [0.15, 0.2) is 21.0 Å². The van der Waals surface area contributed by atoms with Crippen LogP contribution >= 0.6 is 0 Å². The molecular formula is C32H42O12Si4. The van der Waals surface area contributed by atoms with E-state index in [1.165, 1.54) is 0 Å². The Morgan fingerprint density at radius 2 is 0.875 bits per heavy atom. The summed E-state index contributed by atoms with van der Waals surface area (Å²) in [6.45, 7) is 19.4. The smallest absolute Gasteiger partial charge is 0.350 e. The van der Waals surface area contributed by atoms with E-state index >= 15 is 0 Å². The number of rotatable bonds is 17. The summed E-state index contributed by atoms with van der Waals surface area (Å²) in [5, 5.41) is 1.77. The van der Waals surface area contributed by atoms with Crippen LogP contribution in [0.2, 0.25) is 64.5 Å². The first kappa shape index (κ1) is 34.9. The predicted molar refractivity (Wildman–Crippen MR) is 186 cm³/mol. The van der Waals surface area contributed by atoms with E-state index in [0.29, 0.717) is 48.8 Å². The number of fused-ring (bicyclic) bond motifs is 10. The van der Waals surface area contributed by atoms with Gasteiger partial charge < -0.3 is 36.0 Å². The van der Waals surface area contributed by atoms with Gasteiger partial charge in [0, 0.05) is 23.6 Å². The molecule has 258 valence electrons. The van der Waals surface area contributed by atoms with Crippen LogP contribution in [0.5, 0.6) is 0 Å². The van der Waals surface area contributed by atoms with E-state index < -0.39 is 57.1 Å². The molecule has 0 unspecified atom stereocenters. The first-order valence-corrected chi connectivity index (χ1v) is 28.3. The second-order valence-corrected chi connectivity index (χ2v) is 31.5. The third kappa shape index (κ3) is 6.51. The highest BCUT2D eigenvalue weighted by molar-refractivity contribution is 6.94. The lowest BCUT2D eigenvalue weighted by Crippen LogP contribution is -2.52. The van der Waals surface area contributed by atoms with Gasteiger partial charge in [0.1, 0.15) is 44.6 Å². The van der Waals surface area contributed by atoms with E-state index in [2.05, 4.69) is 52.4 Å². The Kier molecular flexibility index (Phi) is 9.02. The van der Waals surface area contributed by atoms with Crippen molar-refractivity contribution in [1.29, 1.82) is 0 Å². The highest BCUT2D eigenvalue weighted by atomic mass is 28.4. The fourth-order valence-corrected chi connectivity index (χ4v) is 24.2. The zero-order valence-electron chi connectivity index (χ0n) is 28.7. The summed E-state index contributed by atoms with van der Waals surface area (Å²) < 4.78 is 46.4. The predicted octanol–water partition coefficient (Wildman–Crippen LogP) is 5.46. The molecule has 6 rings (SSSR count). The number of carbonyl (C=O) groups is 4. The zero-order chi connectivity index (χ0) is 34.8. The molecule has 12 nitrogen and oxygen atoms in total. The van der Waals surface area contributed by atoms with Crippen LogP contribution in [0.1, 0.15) is 54.3 Å². The average molecular weight is 731 g/mol. The van der Waals surface area contributed by atoms with E-state index in [4.69, 9.17) is 36.0 Å². The summed E-state index contributed by atoms with van der Waals surface area (Å²) in [5.41, 5.74) is 2.60. The minimum absolute atomic E-state index is 0.235. The molecule has 0 radical (unpaired) electrons. The lowest BCUT2D eigenvalue weighted by Gasteiger charge is -2.34. The first-order chi connectivity index (χ1) is 22.4. The second-order valence-electron chi connectivity index (χ2n) is 14.7. The SMILES string of the molecule is C[Si](C)(CCCOCCOCCC[Si](C)(C)O[Si](C)(C)c1cc2oc1c1c2C(=O)OC1=O)O[Si](C)(C)c1cc2oc1c1c2C(=O)OC1=O. The highest BCUT2D eigenvalue weighted by Crippen LogP contribution is 2.37. The van der Waals surface area contributed by atoms with Crippen molar-refractivity contribution in [2.24, 2.45) is 0 Å². The minimum Gasteiger partial charge on any atom is -0.456 e. The molecule has 0 saturated carbocycles. The Hall–Kier alpha value is -2.97. The van der Waals surface area contributed by atoms with Crippen molar-refractivity contribution in [3.8, 4) is 0 Å². The van der Waals surface area contributed by atoms with Gasteiger partial charge in [-0.25, -0.2) is 19.2 Å². The topological polar surface area (TPSA) is 150 Å². The third-order valence-electron chi connectivity index (χ3n) is 8.97. The summed E-state index contributed by atoms with van der Waals surface area (Å²) in [7, 11) is -8.99. The number of cyclic esters (lactones) is 4. The molecule has 4 bridgehead atoms. The number of furan rings is 4. The van der Waals surface area contributed by atoms with Gasteiger partial charge in [-0.3, -0.25) is 0 Å². The van der Waals surface area contributed by atoms with Crippen LogP contribution in [0.3, 0.4) is 0 Å². The van der Waals surface area contributed by atoms with Crippen molar-refractivity contribution in [3.63, 3.8) is 0 Å². The van der Waals surface area contributed by atoms with Crippen molar-refractivity contribution in [1.82, 2.24) is 0 Å². The van der Waals surface area contributed by atoms with E-state index in [9.17, 15) is 19.2 Å². The lowest BCUT2D eigenvalue weighted by molar-refractivity contribution is 0.0425. The largest absolute Gasteiger partial charge is 0.456 e. The number of esters is 4. The van der Waals surface area contributed by atoms with Gasteiger partial charge in [-0.15, -0.1) is 0 Å². The summed E-state index contributed by atoms with van der Waals surface area (Å²) in [6, 6.07) is 5.51. The molecule has 48 heavy (non-hydrogen) atoms. The van der Waals surface area contributed by atoms with Crippen molar-refractivity contribution in [2.45, 2.75) is 77.3 Å². The van der Waals surface area contributed by atoms with E-state index in [-0.39, 0.29) is 22.3 Å². The molecule has 6 heterocycles. The fourth-order valence-electron chi connectivity index (χ4n) is 7.05. The van der Waals surface area contributed by atoms with Gasteiger partial charge in [-0.2, -0.15) is 0 Å². The molecule has 0 spiro atoms. The Labute approximate surface area is 282 Å². The standard InChI is InChI=1S/C32H42O12Si4/c1-45(2,43-47(5,6)21-17-19-23-25(27(21)39-19)31(35)41-29(23)33)15-9-11-37-13-14-38-12-10-16-46(3,4)44-48(7,8)22-18-20-24-26(28(22)40-20)32(36)42-30(24)34/h17-18H,9-16H2,1-8H3. The molecule has 4 aromatic heterocycles. The second kappa shape index (κ2) is 12.4. The maximum atomic E-state index is 12.2. The van der Waals surface area contributed by atoms with E-state index in [1.54, 1.807) is 0 Å². The van der Waals surface area contributed by atoms with Crippen LogP contribution < -0.4 is 10.4 Å². The summed E-state index contributed by atoms with van der Waals surface area (Å²) in [5.74, 6) is -2.59. The van der Waals surface area contributed by atoms with Gasteiger partial charge in [0.05, 0.1) is 13.2 Å². The van der Waals surface area contributed by atoms with Crippen LogP contribution in [0.4, 0.5) is 0 Å². The molecule has 0 amide bonds. The Balaban J connectivity index is 0.870. The molecule has 0 aliphatic carbocycles. The number of carbonyl (C=O) groups excluding carboxylic acids is 4. The van der Waals surface area contributed by atoms with Crippen molar-refractivity contribution in [3.05, 3.63) is 34.4 Å². The molecule has 0 aromatic carbocycles. The molecule has 0 saturated heterocycles. The summed E-state index contributed by atoms with van der Waals surface area (Å²) in [4.78, 5) is 48.3. The molecular weight excluding hydrogens is 689 g/mol. The average Bonchev–Trinajstić information content (AvgIpc) is 3.80. The summed E-state index contributed by atoms with van der Waals surface area (Å²) >= 11 is 0. The first-order valence-electron chi connectivity index (χ1n) is 16.3. The molecule has 2 aliphatic rings. The van der Waals surface area contributed by atoms with E-state index in [1.807, 2.05) is 12.1 Å². The van der Waals surface area contributed by atoms with Gasteiger partial charge in [0.15, 0.2) is 16.6 Å². The van der Waals surface area contributed by atoms with Crippen LogP contribution in [0, 0.1) is 0 Å². The number of ether oxygens (including phenoxy) is 4. The highest BCUT2D eigenvalue weighted by Gasteiger charge is 2.46. The Morgan fingerprint density at radius 1 is 0.521 bits per heavy atom. The van der Waals surface area contributed by atoms with Crippen LogP contribution in [0.25, 0.3) is 22.3 Å². The molecule has 0 atom stereocenters. The quantitative estimate of drug-likeness (QED) is 0.0588. The normalized spacial score (nSPS) is 15.8. The lowest BCUT2D eigenvalue weighted by atomic mass is 10.1. The van der Waals surface area contributed by atoms with Gasteiger partial charge in [-0.05, 0) is 89.4 Å².